The van der Waals surface area contributed by atoms with E-state index in [1.807, 2.05) is 14.0 Å². The van der Waals surface area contributed by atoms with E-state index in [1.165, 1.54) is 7.11 Å². The zero-order valence-corrected chi connectivity index (χ0v) is 16.5. The van der Waals surface area contributed by atoms with E-state index < -0.39 is 5.82 Å². The van der Waals surface area contributed by atoms with Gasteiger partial charge in [-0.2, -0.15) is 5.10 Å². The first-order valence-electron chi connectivity index (χ1n) is 8.60. The molecule has 28 heavy (non-hydrogen) atoms. The Hall–Kier alpha value is -2.91. The van der Waals surface area contributed by atoms with E-state index in [1.54, 1.807) is 41.0 Å². The number of fused-ring (bicyclic) bond motifs is 1. The molecule has 0 bridgehead atoms. The summed E-state index contributed by atoms with van der Waals surface area (Å²) >= 11 is 6.16. The van der Waals surface area contributed by atoms with Crippen LogP contribution in [0.1, 0.15) is 18.8 Å². The van der Waals surface area contributed by atoms with Crippen molar-refractivity contribution < 1.29 is 9.13 Å². The van der Waals surface area contributed by atoms with Crippen LogP contribution < -0.4 is 10.1 Å². The lowest BCUT2D eigenvalue weighted by Gasteiger charge is -2.07. The van der Waals surface area contributed by atoms with Crippen molar-refractivity contribution in [3.63, 3.8) is 0 Å². The molecule has 1 aromatic carbocycles. The van der Waals surface area contributed by atoms with E-state index >= 15 is 4.39 Å². The zero-order chi connectivity index (χ0) is 20.0. The molecule has 0 spiro atoms. The van der Waals surface area contributed by atoms with Gasteiger partial charge < -0.3 is 19.2 Å². The number of aromatic nitrogens is 6. The van der Waals surface area contributed by atoms with Crippen LogP contribution in [0.3, 0.4) is 0 Å². The minimum atomic E-state index is -0.564. The number of aromatic amines is 1. The van der Waals surface area contributed by atoms with Crippen LogP contribution in [0, 0.1) is 5.82 Å². The largest absolute Gasteiger partial charge is 0.495 e. The number of methoxy groups -OCH3 is 1. The molecule has 0 saturated heterocycles. The minimum absolute atomic E-state index is 0.0149. The average Bonchev–Trinajstić information content (AvgIpc) is 3.42. The van der Waals surface area contributed by atoms with Crippen molar-refractivity contribution in [1.29, 1.82) is 0 Å². The molecule has 0 fully saturated rings. The maximum atomic E-state index is 15.1. The lowest BCUT2D eigenvalue weighted by Crippen LogP contribution is -2.13. The normalized spacial score (nSPS) is 12.6. The quantitative estimate of drug-likeness (QED) is 0.534. The monoisotopic (exact) mass is 403 g/mol. The van der Waals surface area contributed by atoms with Crippen LogP contribution in [0.5, 0.6) is 5.75 Å². The van der Waals surface area contributed by atoms with Crippen LogP contribution in [0.25, 0.3) is 28.1 Å². The Morgan fingerprint density at radius 1 is 1.39 bits per heavy atom. The minimum Gasteiger partial charge on any atom is -0.495 e. The van der Waals surface area contributed by atoms with Crippen LogP contribution in [0.2, 0.25) is 5.02 Å². The SMILES string of the molecule is CN[C@H](C)c1nc(-c2c(-n3ccnc3)c3cc(OC)c(Cl)c(F)c3n2C)n[nH]1. The second kappa shape index (κ2) is 6.92. The second-order valence-corrected chi connectivity index (χ2v) is 6.76. The van der Waals surface area contributed by atoms with Gasteiger partial charge in [0.25, 0.3) is 0 Å². The number of hydrogen-bond acceptors (Lipinski definition) is 5. The number of benzene rings is 1. The molecule has 0 unspecified atom stereocenters. The molecule has 10 heteroatoms. The summed E-state index contributed by atoms with van der Waals surface area (Å²) in [5, 5.41) is 11.0. The van der Waals surface area contributed by atoms with Crippen LogP contribution >= 0.6 is 11.6 Å². The Morgan fingerprint density at radius 3 is 2.82 bits per heavy atom. The summed E-state index contributed by atoms with van der Waals surface area (Å²) in [4.78, 5) is 8.72. The molecule has 8 nitrogen and oxygen atoms in total. The summed E-state index contributed by atoms with van der Waals surface area (Å²) in [5.41, 5.74) is 1.64. The molecular weight excluding hydrogens is 385 g/mol. The fourth-order valence-corrected chi connectivity index (χ4v) is 3.49. The van der Waals surface area contributed by atoms with Gasteiger partial charge >= 0.3 is 0 Å². The third kappa shape index (κ3) is 2.66. The lowest BCUT2D eigenvalue weighted by molar-refractivity contribution is 0.412. The van der Waals surface area contributed by atoms with Crippen molar-refractivity contribution in [3.05, 3.63) is 41.5 Å². The molecule has 2 N–H and O–H groups in total. The highest BCUT2D eigenvalue weighted by Crippen LogP contribution is 2.41. The standard InChI is InChI=1S/C18H19ClFN7O/c1-9(21-2)17-23-18(25-24-17)16-15(27-6-5-22-8-27)10-7-11(28-4)12(19)13(20)14(10)26(16)3/h5-9,21H,1-4H3,(H,23,24,25)/t9-/m1/s1. The van der Waals surface area contributed by atoms with Gasteiger partial charge in [0.15, 0.2) is 11.6 Å². The lowest BCUT2D eigenvalue weighted by atomic mass is 10.2. The number of ether oxygens (including phenoxy) is 1. The molecule has 4 rings (SSSR count). The highest BCUT2D eigenvalue weighted by atomic mass is 35.5. The summed E-state index contributed by atoms with van der Waals surface area (Å²) in [6.07, 6.45) is 5.07. The fraction of sp³-hybridized carbons (Fsp3) is 0.278. The first-order valence-corrected chi connectivity index (χ1v) is 8.98. The molecule has 0 aliphatic carbocycles. The van der Waals surface area contributed by atoms with Gasteiger partial charge in [0, 0.05) is 24.8 Å². The maximum absolute atomic E-state index is 15.1. The van der Waals surface area contributed by atoms with E-state index in [0.29, 0.717) is 33.9 Å². The Morgan fingerprint density at radius 2 is 2.18 bits per heavy atom. The number of rotatable bonds is 5. The number of hydrogen-bond donors (Lipinski definition) is 2. The molecule has 0 aliphatic heterocycles. The van der Waals surface area contributed by atoms with Gasteiger partial charge in [-0.15, -0.1) is 0 Å². The van der Waals surface area contributed by atoms with Crippen molar-refractivity contribution in [2.24, 2.45) is 7.05 Å². The van der Waals surface area contributed by atoms with Crippen LogP contribution in [0.15, 0.2) is 24.8 Å². The molecule has 3 heterocycles. The molecule has 1 atom stereocenters. The first-order chi connectivity index (χ1) is 13.5. The third-order valence-corrected chi connectivity index (χ3v) is 5.19. The number of nitrogens with one attached hydrogen (secondary N) is 2. The summed E-state index contributed by atoms with van der Waals surface area (Å²) in [6, 6.07) is 1.70. The zero-order valence-electron chi connectivity index (χ0n) is 15.8. The summed E-state index contributed by atoms with van der Waals surface area (Å²) in [7, 11) is 5.04. The first kappa shape index (κ1) is 18.5. The van der Waals surface area contributed by atoms with Gasteiger partial charge in [-0.25, -0.2) is 14.4 Å². The molecule has 0 radical (unpaired) electrons. The number of aryl methyl sites for hydroxylation is 1. The van der Waals surface area contributed by atoms with Crippen molar-refractivity contribution in [2.75, 3.05) is 14.2 Å². The van der Waals surface area contributed by atoms with Gasteiger partial charge in [0.2, 0.25) is 0 Å². The molecule has 0 aliphatic rings. The van der Waals surface area contributed by atoms with E-state index in [0.717, 1.165) is 0 Å². The van der Waals surface area contributed by atoms with Crippen LogP contribution in [-0.4, -0.2) is 43.5 Å². The molecule has 0 amide bonds. The summed E-state index contributed by atoms with van der Waals surface area (Å²) in [5.74, 6) is 0.805. The predicted octanol–water partition coefficient (Wildman–Crippen LogP) is 3.23. The number of nitrogens with zero attached hydrogens (tertiary/aromatic N) is 5. The van der Waals surface area contributed by atoms with E-state index in [-0.39, 0.29) is 16.8 Å². The highest BCUT2D eigenvalue weighted by molar-refractivity contribution is 6.33. The Balaban J connectivity index is 2.08. The maximum Gasteiger partial charge on any atom is 0.200 e. The molecule has 3 aromatic heterocycles. The topological polar surface area (TPSA) is 85.6 Å². The van der Waals surface area contributed by atoms with Crippen molar-refractivity contribution in [1.82, 2.24) is 34.6 Å². The second-order valence-electron chi connectivity index (χ2n) is 6.38. The van der Waals surface area contributed by atoms with Gasteiger partial charge in [-0.1, -0.05) is 11.6 Å². The van der Waals surface area contributed by atoms with Gasteiger partial charge in [0.1, 0.15) is 22.3 Å². The Labute approximate surface area is 165 Å². The van der Waals surface area contributed by atoms with Gasteiger partial charge in [-0.05, 0) is 20.0 Å². The number of imidazole rings is 1. The highest BCUT2D eigenvalue weighted by Gasteiger charge is 2.26. The van der Waals surface area contributed by atoms with Crippen molar-refractivity contribution in [3.8, 4) is 23.0 Å². The average molecular weight is 404 g/mol. The summed E-state index contributed by atoms with van der Waals surface area (Å²) < 4.78 is 23.9. The van der Waals surface area contributed by atoms with E-state index in [4.69, 9.17) is 16.3 Å². The Kier molecular flexibility index (Phi) is 4.56. The van der Waals surface area contributed by atoms with E-state index in [2.05, 4.69) is 25.5 Å². The fourth-order valence-electron chi connectivity index (χ4n) is 3.27. The number of H-pyrrole nitrogens is 1. The van der Waals surface area contributed by atoms with E-state index in [9.17, 15) is 0 Å². The van der Waals surface area contributed by atoms with Crippen molar-refractivity contribution in [2.45, 2.75) is 13.0 Å². The third-order valence-electron chi connectivity index (χ3n) is 4.84. The molecular formula is C18H19ClFN7O. The van der Waals surface area contributed by atoms with Gasteiger partial charge in [0.05, 0.1) is 30.7 Å². The van der Waals surface area contributed by atoms with Gasteiger partial charge in [-0.3, -0.25) is 5.10 Å². The molecule has 4 aromatic rings. The smallest absolute Gasteiger partial charge is 0.200 e. The molecule has 146 valence electrons. The Bertz CT molecular complexity index is 1150. The van der Waals surface area contributed by atoms with Crippen LogP contribution in [-0.2, 0) is 7.05 Å². The summed E-state index contributed by atoms with van der Waals surface area (Å²) in [6.45, 7) is 1.97. The molecule has 0 saturated carbocycles. The van der Waals surface area contributed by atoms with Crippen LogP contribution in [0.4, 0.5) is 4.39 Å². The van der Waals surface area contributed by atoms with Crippen molar-refractivity contribution >= 4 is 22.5 Å². The number of halogens is 2. The predicted molar refractivity (Wildman–Crippen MR) is 104 cm³/mol.